The van der Waals surface area contributed by atoms with Crippen LogP contribution in [0, 0.1) is 23.2 Å². The van der Waals surface area contributed by atoms with E-state index in [1.807, 2.05) is 12.1 Å². The Morgan fingerprint density at radius 1 is 1.15 bits per heavy atom. The van der Waals surface area contributed by atoms with Crippen LogP contribution in [0.1, 0.15) is 46.3 Å². The fourth-order valence-electron chi connectivity index (χ4n) is 4.69. The van der Waals surface area contributed by atoms with Crippen molar-refractivity contribution in [2.24, 2.45) is 23.2 Å². The topological polar surface area (TPSA) is 61.8 Å². The zero-order valence-corrected chi connectivity index (χ0v) is 16.7. The largest absolute Gasteiger partial charge is 0.465 e. The third-order valence-electron chi connectivity index (χ3n) is 6.26. The number of hydrogen-bond donors (Lipinski definition) is 0. The van der Waals surface area contributed by atoms with Crippen molar-refractivity contribution in [2.45, 2.75) is 40.7 Å². The minimum absolute atomic E-state index is 0.0689. The highest BCUT2D eigenvalue weighted by Gasteiger charge is 2.54. The molecule has 2 aliphatic rings. The van der Waals surface area contributed by atoms with Gasteiger partial charge >= 0.3 is 11.9 Å². The van der Waals surface area contributed by atoms with Crippen molar-refractivity contribution in [3.05, 3.63) is 41.5 Å². The molecule has 1 saturated heterocycles. The molecule has 1 aliphatic carbocycles. The van der Waals surface area contributed by atoms with Gasteiger partial charge in [-0.15, -0.1) is 0 Å². The van der Waals surface area contributed by atoms with E-state index in [-0.39, 0.29) is 35.3 Å². The Hall–Kier alpha value is -2.14. The molecule has 3 rings (SSSR count). The fourth-order valence-corrected chi connectivity index (χ4v) is 4.69. The van der Waals surface area contributed by atoms with Crippen LogP contribution in [-0.4, -0.2) is 25.2 Å². The first kappa shape index (κ1) is 19.6. The number of hydrogen-bond acceptors (Lipinski definition) is 5. The Kier molecular flexibility index (Phi) is 5.43. The van der Waals surface area contributed by atoms with Crippen molar-refractivity contribution in [3.8, 4) is 5.75 Å². The van der Waals surface area contributed by atoms with E-state index in [9.17, 15) is 9.59 Å². The summed E-state index contributed by atoms with van der Waals surface area (Å²) in [6.07, 6.45) is 2.23. The van der Waals surface area contributed by atoms with Gasteiger partial charge in [-0.2, -0.15) is 0 Å². The van der Waals surface area contributed by atoms with E-state index in [0.717, 1.165) is 5.56 Å². The van der Waals surface area contributed by atoms with E-state index < -0.39 is 0 Å². The van der Waals surface area contributed by atoms with Gasteiger partial charge in [-0.1, -0.05) is 37.6 Å². The lowest BCUT2D eigenvalue weighted by Crippen LogP contribution is -2.54. The lowest BCUT2D eigenvalue weighted by atomic mass is 9.56. The number of carbonyl (C=O) groups is 2. The van der Waals surface area contributed by atoms with Gasteiger partial charge in [-0.25, -0.2) is 0 Å². The van der Waals surface area contributed by atoms with E-state index in [4.69, 9.17) is 14.2 Å². The highest BCUT2D eigenvalue weighted by atomic mass is 16.5. The molecule has 1 aromatic carbocycles. The molecule has 0 spiro atoms. The Morgan fingerprint density at radius 2 is 1.81 bits per heavy atom. The lowest BCUT2D eigenvalue weighted by Gasteiger charge is -2.55. The Balaban J connectivity index is 1.88. The van der Waals surface area contributed by atoms with E-state index in [1.165, 1.54) is 19.4 Å². The minimum Gasteiger partial charge on any atom is -0.465 e. The lowest BCUT2D eigenvalue weighted by molar-refractivity contribution is -0.180. The average molecular weight is 372 g/mol. The van der Waals surface area contributed by atoms with Crippen LogP contribution in [0.2, 0.25) is 0 Å². The van der Waals surface area contributed by atoms with Crippen molar-refractivity contribution in [1.29, 1.82) is 0 Å². The molecule has 146 valence electrons. The van der Waals surface area contributed by atoms with Crippen LogP contribution in [0.5, 0.6) is 5.75 Å². The molecule has 1 aliphatic heterocycles. The van der Waals surface area contributed by atoms with E-state index in [0.29, 0.717) is 24.9 Å². The molecule has 0 radical (unpaired) electrons. The summed E-state index contributed by atoms with van der Waals surface area (Å²) >= 11 is 0. The predicted octanol–water partition coefficient (Wildman–Crippen LogP) is 4.08. The number of benzene rings is 1. The Bertz CT molecular complexity index is 750. The molecule has 0 unspecified atom stereocenters. The molecule has 0 N–H and O–H groups in total. The summed E-state index contributed by atoms with van der Waals surface area (Å²) in [5, 5.41) is 0. The van der Waals surface area contributed by atoms with E-state index >= 15 is 0 Å². The van der Waals surface area contributed by atoms with Gasteiger partial charge in [0.15, 0.2) is 0 Å². The first-order chi connectivity index (χ1) is 12.7. The van der Waals surface area contributed by atoms with Gasteiger partial charge in [0.2, 0.25) is 0 Å². The number of rotatable bonds is 4. The quantitative estimate of drug-likeness (QED) is 0.453. The highest BCUT2D eigenvalue weighted by molar-refractivity contribution is 5.69. The summed E-state index contributed by atoms with van der Waals surface area (Å²) in [5.74, 6) is 0.739. The third-order valence-corrected chi connectivity index (χ3v) is 6.26. The van der Waals surface area contributed by atoms with Gasteiger partial charge in [0, 0.05) is 25.2 Å². The zero-order valence-electron chi connectivity index (χ0n) is 16.7. The van der Waals surface area contributed by atoms with Crippen LogP contribution in [-0.2, 0) is 19.1 Å². The Labute approximate surface area is 160 Å². The summed E-state index contributed by atoms with van der Waals surface area (Å²) in [7, 11) is 0. The monoisotopic (exact) mass is 372 g/mol. The molecule has 1 aromatic rings. The van der Waals surface area contributed by atoms with Crippen molar-refractivity contribution >= 4 is 11.9 Å². The molecule has 0 saturated carbocycles. The van der Waals surface area contributed by atoms with Gasteiger partial charge in [0.25, 0.3) is 0 Å². The van der Waals surface area contributed by atoms with E-state index in [2.05, 4.69) is 26.8 Å². The third kappa shape index (κ3) is 3.65. The number of esters is 2. The molecule has 0 amide bonds. The van der Waals surface area contributed by atoms with Crippen LogP contribution in [0.3, 0.4) is 0 Å². The van der Waals surface area contributed by atoms with Crippen LogP contribution in [0.4, 0.5) is 0 Å². The maximum Gasteiger partial charge on any atom is 0.308 e. The molecule has 0 aromatic heterocycles. The van der Waals surface area contributed by atoms with Crippen LogP contribution >= 0.6 is 0 Å². The molecule has 5 heteroatoms. The second kappa shape index (κ2) is 7.47. The van der Waals surface area contributed by atoms with Gasteiger partial charge < -0.3 is 14.2 Å². The van der Waals surface area contributed by atoms with Crippen molar-refractivity contribution < 1.29 is 23.8 Å². The van der Waals surface area contributed by atoms with Gasteiger partial charge in [-0.05, 0) is 36.5 Å². The molecular formula is C22H28O5. The van der Waals surface area contributed by atoms with Crippen LogP contribution in [0.15, 0.2) is 35.9 Å². The van der Waals surface area contributed by atoms with Crippen LogP contribution in [0.25, 0.3) is 0 Å². The smallest absolute Gasteiger partial charge is 0.308 e. The summed E-state index contributed by atoms with van der Waals surface area (Å²) in [5.41, 5.74) is 2.16. The summed E-state index contributed by atoms with van der Waals surface area (Å²) in [4.78, 5) is 22.5. The number of ether oxygens (including phenoxy) is 3. The minimum atomic E-state index is -0.333. The first-order valence-corrected chi connectivity index (χ1v) is 9.46. The van der Waals surface area contributed by atoms with Gasteiger partial charge in [0.1, 0.15) is 5.75 Å². The van der Waals surface area contributed by atoms with E-state index in [1.54, 1.807) is 12.1 Å². The number of carbonyl (C=O) groups excluding carboxylic acids is 2. The summed E-state index contributed by atoms with van der Waals surface area (Å²) in [6.45, 7) is 10.3. The SMILES string of the molecule is CC(=O)OC[C@@]12CO[C@H](c3ccc(OC(C)=O)cc3)[C@@H](C(C)=C[C@H]1C)[C@@H]2C. The van der Waals surface area contributed by atoms with Crippen LogP contribution < -0.4 is 4.74 Å². The molecular weight excluding hydrogens is 344 g/mol. The summed E-state index contributed by atoms with van der Waals surface area (Å²) in [6, 6.07) is 7.52. The zero-order chi connectivity index (χ0) is 19.8. The van der Waals surface area contributed by atoms with Crippen molar-refractivity contribution in [2.75, 3.05) is 13.2 Å². The summed E-state index contributed by atoms with van der Waals surface area (Å²) < 4.78 is 16.9. The maximum atomic E-state index is 11.4. The molecule has 2 bridgehead atoms. The molecule has 1 heterocycles. The molecule has 5 nitrogen and oxygen atoms in total. The predicted molar refractivity (Wildman–Crippen MR) is 101 cm³/mol. The van der Waals surface area contributed by atoms with Crippen molar-refractivity contribution in [3.63, 3.8) is 0 Å². The normalized spacial score (nSPS) is 32.4. The molecule has 27 heavy (non-hydrogen) atoms. The standard InChI is InChI=1S/C22H28O5/c1-13-10-14(2)22(11-25-16(4)23)12-26-21(20(13)15(22)3)18-6-8-19(9-7-18)27-17(5)24/h6-10,14-15,20-21H,11-12H2,1-5H3/t14-,15+,20+,21-,22-/m1/s1. The first-order valence-electron chi connectivity index (χ1n) is 9.46. The van der Waals surface area contributed by atoms with Gasteiger partial charge in [-0.3, -0.25) is 9.59 Å². The second-order valence-electron chi connectivity index (χ2n) is 7.92. The fraction of sp³-hybridized carbons (Fsp3) is 0.545. The maximum absolute atomic E-state index is 11.4. The highest BCUT2D eigenvalue weighted by Crippen LogP contribution is 2.56. The number of fused-ring (bicyclic) bond motifs is 2. The second-order valence-corrected chi connectivity index (χ2v) is 7.92. The Morgan fingerprint density at radius 3 is 2.41 bits per heavy atom. The molecule has 1 fully saturated rings. The average Bonchev–Trinajstić information content (AvgIpc) is 2.59. The van der Waals surface area contributed by atoms with Gasteiger partial charge in [0.05, 0.1) is 19.3 Å². The van der Waals surface area contributed by atoms with Crippen molar-refractivity contribution in [1.82, 2.24) is 0 Å². The number of allylic oxidation sites excluding steroid dienone is 1. The molecule has 5 atom stereocenters.